The summed E-state index contributed by atoms with van der Waals surface area (Å²) in [6, 6.07) is 17.1. The molecule has 22 heavy (non-hydrogen) atoms. The molecule has 0 saturated carbocycles. The molecule has 116 valence electrons. The summed E-state index contributed by atoms with van der Waals surface area (Å²) in [6.45, 7) is 1.68. The summed E-state index contributed by atoms with van der Waals surface area (Å²) in [4.78, 5) is 11.8. The first-order valence-electron chi connectivity index (χ1n) is 7.05. The Morgan fingerprint density at radius 1 is 1.00 bits per heavy atom. The van der Waals surface area contributed by atoms with Crippen LogP contribution in [0.1, 0.15) is 25.0 Å². The summed E-state index contributed by atoms with van der Waals surface area (Å²) in [6.07, 6.45) is -0.604. The van der Waals surface area contributed by atoms with Gasteiger partial charge in [0.1, 0.15) is 6.10 Å². The fourth-order valence-corrected chi connectivity index (χ4v) is 3.45. The van der Waals surface area contributed by atoms with Crippen LogP contribution in [0.4, 0.5) is 0 Å². The Morgan fingerprint density at radius 2 is 1.55 bits per heavy atom. The molecule has 0 aliphatic heterocycles. The third-order valence-electron chi connectivity index (χ3n) is 3.21. The summed E-state index contributed by atoms with van der Waals surface area (Å²) in [7, 11) is -3.54. The molecule has 0 aliphatic carbocycles. The molecule has 0 heterocycles. The van der Waals surface area contributed by atoms with Gasteiger partial charge in [0.2, 0.25) is 0 Å². The van der Waals surface area contributed by atoms with Gasteiger partial charge in [0.25, 0.3) is 0 Å². The zero-order valence-electron chi connectivity index (χ0n) is 12.3. The molecule has 0 radical (unpaired) electrons. The monoisotopic (exact) mass is 318 g/mol. The number of hydrogen-bond acceptors (Lipinski definition) is 4. The zero-order valence-corrected chi connectivity index (χ0v) is 13.1. The zero-order chi connectivity index (χ0) is 16.0. The van der Waals surface area contributed by atoms with E-state index in [0.29, 0.717) is 5.56 Å². The lowest BCUT2D eigenvalue weighted by Crippen LogP contribution is -2.20. The van der Waals surface area contributed by atoms with Gasteiger partial charge in [-0.05, 0) is 17.7 Å². The van der Waals surface area contributed by atoms with Crippen LogP contribution >= 0.6 is 0 Å². The van der Waals surface area contributed by atoms with Crippen LogP contribution in [0.15, 0.2) is 65.6 Å². The number of benzene rings is 2. The largest absolute Gasteiger partial charge is 0.456 e. The second-order valence-electron chi connectivity index (χ2n) is 4.84. The van der Waals surface area contributed by atoms with Gasteiger partial charge in [-0.25, -0.2) is 8.42 Å². The third kappa shape index (κ3) is 4.18. The highest BCUT2D eigenvalue weighted by molar-refractivity contribution is 7.91. The molecule has 1 atom stereocenters. The first-order chi connectivity index (χ1) is 10.5. The highest BCUT2D eigenvalue weighted by atomic mass is 32.2. The van der Waals surface area contributed by atoms with Crippen LogP contribution in [0.3, 0.4) is 0 Å². The predicted octanol–water partition coefficient (Wildman–Crippen LogP) is 3.15. The standard InChI is InChI=1S/C17H18O4S/c1-2-17(18)21-16(14-9-5-3-6-10-14)13-22(19,20)15-11-7-4-8-12-15/h3-12,16H,2,13H2,1H3. The summed E-state index contributed by atoms with van der Waals surface area (Å²) in [5, 5.41) is 0. The van der Waals surface area contributed by atoms with Gasteiger partial charge >= 0.3 is 5.97 Å². The number of rotatable bonds is 6. The second-order valence-corrected chi connectivity index (χ2v) is 6.87. The average molecular weight is 318 g/mol. The highest BCUT2D eigenvalue weighted by Crippen LogP contribution is 2.23. The Hall–Kier alpha value is -2.14. The van der Waals surface area contributed by atoms with Crippen LogP contribution < -0.4 is 0 Å². The van der Waals surface area contributed by atoms with Crippen molar-refractivity contribution in [3.63, 3.8) is 0 Å². The molecule has 0 bridgehead atoms. The minimum atomic E-state index is -3.54. The van der Waals surface area contributed by atoms with Crippen LogP contribution in [0, 0.1) is 0 Å². The smallest absolute Gasteiger partial charge is 0.306 e. The fraction of sp³-hybridized carbons (Fsp3) is 0.235. The topological polar surface area (TPSA) is 60.4 Å². The van der Waals surface area contributed by atoms with E-state index in [2.05, 4.69) is 0 Å². The Bertz CT molecular complexity index is 709. The van der Waals surface area contributed by atoms with Gasteiger partial charge in [-0.15, -0.1) is 0 Å². The third-order valence-corrected chi connectivity index (χ3v) is 4.94. The van der Waals surface area contributed by atoms with E-state index in [0.717, 1.165) is 0 Å². The number of hydrogen-bond donors (Lipinski definition) is 0. The molecule has 0 amide bonds. The van der Waals surface area contributed by atoms with E-state index < -0.39 is 21.9 Å². The van der Waals surface area contributed by atoms with Crippen molar-refractivity contribution in [2.75, 3.05) is 5.75 Å². The van der Waals surface area contributed by atoms with Gasteiger partial charge in [-0.3, -0.25) is 4.79 Å². The van der Waals surface area contributed by atoms with E-state index in [1.165, 1.54) is 0 Å². The number of esters is 1. The van der Waals surface area contributed by atoms with Crippen LogP contribution in [-0.4, -0.2) is 20.1 Å². The molecule has 0 saturated heterocycles. The minimum Gasteiger partial charge on any atom is -0.456 e. The first-order valence-corrected chi connectivity index (χ1v) is 8.70. The molecular weight excluding hydrogens is 300 g/mol. The quantitative estimate of drug-likeness (QED) is 0.768. The van der Waals surface area contributed by atoms with Crippen molar-refractivity contribution in [3.05, 3.63) is 66.2 Å². The Labute approximate surface area is 130 Å². The summed E-state index contributed by atoms with van der Waals surface area (Å²) < 4.78 is 30.3. The van der Waals surface area contributed by atoms with E-state index in [1.807, 2.05) is 6.07 Å². The molecule has 0 aromatic heterocycles. The lowest BCUT2D eigenvalue weighted by molar-refractivity contribution is -0.148. The fourth-order valence-electron chi connectivity index (χ4n) is 2.03. The van der Waals surface area contributed by atoms with Crippen molar-refractivity contribution in [3.8, 4) is 0 Å². The summed E-state index contributed by atoms with van der Waals surface area (Å²) >= 11 is 0. The molecular formula is C17H18O4S. The van der Waals surface area contributed by atoms with Crippen molar-refractivity contribution < 1.29 is 17.9 Å². The van der Waals surface area contributed by atoms with Gasteiger partial charge in [0.15, 0.2) is 9.84 Å². The number of carbonyl (C=O) groups excluding carboxylic acids is 1. The lowest BCUT2D eigenvalue weighted by atomic mass is 10.1. The van der Waals surface area contributed by atoms with Crippen molar-refractivity contribution >= 4 is 15.8 Å². The van der Waals surface area contributed by atoms with E-state index in [-0.39, 0.29) is 17.1 Å². The maximum absolute atomic E-state index is 12.5. The average Bonchev–Trinajstić information content (AvgIpc) is 2.55. The molecule has 2 rings (SSSR count). The van der Waals surface area contributed by atoms with E-state index in [1.54, 1.807) is 61.5 Å². The van der Waals surface area contributed by atoms with Gasteiger partial charge in [0, 0.05) is 6.42 Å². The molecule has 2 aromatic carbocycles. The first kappa shape index (κ1) is 16.2. The van der Waals surface area contributed by atoms with Crippen molar-refractivity contribution in [1.82, 2.24) is 0 Å². The highest BCUT2D eigenvalue weighted by Gasteiger charge is 2.25. The van der Waals surface area contributed by atoms with E-state index in [9.17, 15) is 13.2 Å². The normalized spacial score (nSPS) is 12.6. The lowest BCUT2D eigenvalue weighted by Gasteiger charge is -2.18. The molecule has 0 N–H and O–H groups in total. The minimum absolute atomic E-state index is 0.203. The maximum Gasteiger partial charge on any atom is 0.306 e. The summed E-state index contributed by atoms with van der Waals surface area (Å²) in [5.41, 5.74) is 0.670. The SMILES string of the molecule is CCC(=O)OC(CS(=O)(=O)c1ccccc1)c1ccccc1. The number of sulfone groups is 1. The molecule has 2 aromatic rings. The molecule has 4 nitrogen and oxygen atoms in total. The van der Waals surface area contributed by atoms with E-state index >= 15 is 0 Å². The Kier molecular flexibility index (Phi) is 5.33. The molecule has 0 spiro atoms. The molecule has 0 fully saturated rings. The van der Waals surface area contributed by atoms with Crippen LogP contribution in [-0.2, 0) is 19.4 Å². The Balaban J connectivity index is 2.28. The van der Waals surface area contributed by atoms with E-state index in [4.69, 9.17) is 4.74 Å². The number of ether oxygens (including phenoxy) is 1. The van der Waals surface area contributed by atoms with Crippen LogP contribution in [0.2, 0.25) is 0 Å². The second kappa shape index (κ2) is 7.22. The maximum atomic E-state index is 12.5. The predicted molar refractivity (Wildman–Crippen MR) is 84.1 cm³/mol. The molecule has 1 unspecified atom stereocenters. The van der Waals surface area contributed by atoms with Crippen molar-refractivity contribution in [2.45, 2.75) is 24.3 Å². The molecule has 5 heteroatoms. The number of carbonyl (C=O) groups is 1. The van der Waals surface area contributed by atoms with Gasteiger partial charge in [-0.1, -0.05) is 55.5 Å². The van der Waals surface area contributed by atoms with Gasteiger partial charge in [0.05, 0.1) is 10.6 Å². The molecule has 0 aliphatic rings. The van der Waals surface area contributed by atoms with Gasteiger partial charge in [-0.2, -0.15) is 0 Å². The summed E-state index contributed by atoms with van der Waals surface area (Å²) in [5.74, 6) is -0.690. The van der Waals surface area contributed by atoms with Crippen LogP contribution in [0.5, 0.6) is 0 Å². The van der Waals surface area contributed by atoms with Crippen LogP contribution in [0.25, 0.3) is 0 Å². The Morgan fingerprint density at radius 3 is 2.09 bits per heavy atom. The van der Waals surface area contributed by atoms with Crippen molar-refractivity contribution in [2.24, 2.45) is 0 Å². The van der Waals surface area contributed by atoms with Crippen molar-refractivity contribution in [1.29, 1.82) is 0 Å². The van der Waals surface area contributed by atoms with Gasteiger partial charge < -0.3 is 4.74 Å².